The SMILES string of the molecule is COc1ccc(C2OC[C@@H]([C@H](O)c3ccc(OC)c(OC)c3)[C@@H]2COC(C)=O)cc1OC. The lowest BCUT2D eigenvalue weighted by Crippen LogP contribution is -2.27. The lowest BCUT2D eigenvalue weighted by atomic mass is 9.82. The Morgan fingerprint density at radius 2 is 1.56 bits per heavy atom. The first-order valence-electron chi connectivity index (χ1n) is 10.3. The summed E-state index contributed by atoms with van der Waals surface area (Å²) in [6.07, 6.45) is -1.26. The number of carbonyl (C=O) groups is 1. The van der Waals surface area contributed by atoms with E-state index in [2.05, 4.69) is 0 Å². The average molecular weight is 446 g/mol. The first kappa shape index (κ1) is 23.7. The van der Waals surface area contributed by atoms with Crippen molar-refractivity contribution in [2.75, 3.05) is 41.7 Å². The largest absolute Gasteiger partial charge is 0.493 e. The van der Waals surface area contributed by atoms with Crippen molar-refractivity contribution in [2.24, 2.45) is 11.8 Å². The average Bonchev–Trinajstić information content (AvgIpc) is 3.25. The van der Waals surface area contributed by atoms with E-state index in [1.54, 1.807) is 52.7 Å². The zero-order valence-electron chi connectivity index (χ0n) is 19.0. The maximum Gasteiger partial charge on any atom is 0.302 e. The summed E-state index contributed by atoms with van der Waals surface area (Å²) in [6, 6.07) is 10.8. The zero-order chi connectivity index (χ0) is 23.3. The van der Waals surface area contributed by atoms with E-state index in [1.807, 2.05) is 12.1 Å². The third-order valence-corrected chi connectivity index (χ3v) is 5.78. The lowest BCUT2D eigenvalue weighted by molar-refractivity contribution is -0.143. The number of aliphatic hydroxyl groups is 1. The van der Waals surface area contributed by atoms with Crippen LogP contribution in [0.4, 0.5) is 0 Å². The first-order valence-corrected chi connectivity index (χ1v) is 10.3. The van der Waals surface area contributed by atoms with Crippen LogP contribution < -0.4 is 18.9 Å². The highest BCUT2D eigenvalue weighted by molar-refractivity contribution is 5.65. The summed E-state index contributed by atoms with van der Waals surface area (Å²) >= 11 is 0. The lowest BCUT2D eigenvalue weighted by Gasteiger charge is -2.27. The summed E-state index contributed by atoms with van der Waals surface area (Å²) in [5.41, 5.74) is 1.51. The van der Waals surface area contributed by atoms with Crippen molar-refractivity contribution in [3.63, 3.8) is 0 Å². The van der Waals surface area contributed by atoms with Gasteiger partial charge in [0.1, 0.15) is 0 Å². The summed E-state index contributed by atoms with van der Waals surface area (Å²) in [4.78, 5) is 11.5. The van der Waals surface area contributed by atoms with Crippen molar-refractivity contribution in [3.8, 4) is 23.0 Å². The third kappa shape index (κ3) is 4.92. The summed E-state index contributed by atoms with van der Waals surface area (Å²) < 4.78 is 32.9. The van der Waals surface area contributed by atoms with E-state index >= 15 is 0 Å². The second-order valence-electron chi connectivity index (χ2n) is 7.56. The number of rotatable bonds is 9. The molecule has 4 atom stereocenters. The van der Waals surface area contributed by atoms with Crippen LogP contribution in [0.15, 0.2) is 36.4 Å². The Morgan fingerprint density at radius 3 is 2.16 bits per heavy atom. The molecule has 32 heavy (non-hydrogen) atoms. The Labute approximate surface area is 187 Å². The topological polar surface area (TPSA) is 92.7 Å². The predicted octanol–water partition coefficient (Wildman–Crippen LogP) is 3.32. The van der Waals surface area contributed by atoms with Gasteiger partial charge in [0.2, 0.25) is 0 Å². The Balaban J connectivity index is 1.91. The minimum atomic E-state index is -0.861. The number of methoxy groups -OCH3 is 4. The van der Waals surface area contributed by atoms with Crippen LogP contribution in [0.2, 0.25) is 0 Å². The van der Waals surface area contributed by atoms with E-state index in [9.17, 15) is 9.90 Å². The molecule has 0 spiro atoms. The zero-order valence-corrected chi connectivity index (χ0v) is 19.0. The molecule has 0 amide bonds. The van der Waals surface area contributed by atoms with Crippen molar-refractivity contribution < 1.29 is 38.3 Å². The Kier molecular flexibility index (Phi) is 7.82. The van der Waals surface area contributed by atoms with Gasteiger partial charge in [-0.1, -0.05) is 12.1 Å². The van der Waals surface area contributed by atoms with Crippen LogP contribution in [0, 0.1) is 11.8 Å². The molecular formula is C24H30O8. The maximum absolute atomic E-state index is 11.5. The van der Waals surface area contributed by atoms with Gasteiger partial charge in [0, 0.05) is 18.8 Å². The van der Waals surface area contributed by atoms with Gasteiger partial charge < -0.3 is 33.5 Å². The van der Waals surface area contributed by atoms with Crippen molar-refractivity contribution in [2.45, 2.75) is 19.1 Å². The normalized spacial score (nSPS) is 21.0. The Morgan fingerprint density at radius 1 is 0.969 bits per heavy atom. The van der Waals surface area contributed by atoms with Crippen LogP contribution in [0.5, 0.6) is 23.0 Å². The molecule has 0 bridgehead atoms. The van der Waals surface area contributed by atoms with Crippen LogP contribution in [0.1, 0.15) is 30.3 Å². The maximum atomic E-state index is 11.5. The molecule has 1 aliphatic rings. The second-order valence-corrected chi connectivity index (χ2v) is 7.56. The molecule has 1 fully saturated rings. The molecule has 1 unspecified atom stereocenters. The molecule has 1 saturated heterocycles. The molecule has 2 aromatic rings. The second kappa shape index (κ2) is 10.6. The van der Waals surface area contributed by atoms with Gasteiger partial charge in [-0.2, -0.15) is 0 Å². The summed E-state index contributed by atoms with van der Waals surface area (Å²) in [5, 5.41) is 11.2. The number of hydrogen-bond acceptors (Lipinski definition) is 8. The standard InChI is InChI=1S/C24H30O8/c1-14(25)31-13-18-17(23(26)15-6-8-19(27-2)21(10-15)29-4)12-32-24(18)16-7-9-20(28-3)22(11-16)30-5/h6-11,17-18,23-24,26H,12-13H2,1-5H3/t17-,18+,23-,24?/m1/s1. The minimum absolute atomic E-state index is 0.114. The van der Waals surface area contributed by atoms with Gasteiger partial charge in [0.15, 0.2) is 23.0 Å². The highest BCUT2D eigenvalue weighted by Crippen LogP contribution is 2.46. The van der Waals surface area contributed by atoms with Gasteiger partial charge in [0.25, 0.3) is 0 Å². The number of ether oxygens (including phenoxy) is 6. The van der Waals surface area contributed by atoms with Crippen LogP contribution in [-0.2, 0) is 14.3 Å². The smallest absolute Gasteiger partial charge is 0.302 e. The van der Waals surface area contributed by atoms with E-state index in [-0.39, 0.29) is 24.4 Å². The fourth-order valence-electron chi connectivity index (χ4n) is 4.09. The molecule has 0 radical (unpaired) electrons. The van der Waals surface area contributed by atoms with Crippen molar-refractivity contribution >= 4 is 5.97 Å². The van der Waals surface area contributed by atoms with Crippen molar-refractivity contribution in [3.05, 3.63) is 47.5 Å². The molecule has 1 heterocycles. The predicted molar refractivity (Wildman–Crippen MR) is 116 cm³/mol. The van der Waals surface area contributed by atoms with Crippen molar-refractivity contribution in [1.29, 1.82) is 0 Å². The van der Waals surface area contributed by atoms with Gasteiger partial charge in [0.05, 0.1) is 53.9 Å². The molecule has 174 valence electrons. The fourth-order valence-corrected chi connectivity index (χ4v) is 4.09. The van der Waals surface area contributed by atoms with Gasteiger partial charge in [-0.25, -0.2) is 0 Å². The molecule has 0 aromatic heterocycles. The Hall–Kier alpha value is -2.97. The molecule has 1 aliphatic heterocycles. The van der Waals surface area contributed by atoms with E-state index < -0.39 is 12.2 Å². The molecule has 8 nitrogen and oxygen atoms in total. The monoisotopic (exact) mass is 446 g/mol. The Bertz CT molecular complexity index is 928. The van der Waals surface area contributed by atoms with E-state index in [0.717, 1.165) is 5.56 Å². The third-order valence-electron chi connectivity index (χ3n) is 5.78. The van der Waals surface area contributed by atoms with Crippen molar-refractivity contribution in [1.82, 2.24) is 0 Å². The first-order chi connectivity index (χ1) is 15.4. The summed E-state index contributed by atoms with van der Waals surface area (Å²) in [6.45, 7) is 1.77. The number of benzene rings is 2. The fraction of sp³-hybridized carbons (Fsp3) is 0.458. The highest BCUT2D eigenvalue weighted by Gasteiger charge is 2.43. The summed E-state index contributed by atoms with van der Waals surface area (Å²) in [5.74, 6) is 1.30. The minimum Gasteiger partial charge on any atom is -0.493 e. The van der Waals surface area contributed by atoms with E-state index in [1.165, 1.54) is 6.92 Å². The highest BCUT2D eigenvalue weighted by atomic mass is 16.5. The van der Waals surface area contributed by atoms with Crippen LogP contribution in [0.25, 0.3) is 0 Å². The van der Waals surface area contributed by atoms with E-state index in [0.29, 0.717) is 35.2 Å². The van der Waals surface area contributed by atoms with Crippen LogP contribution in [0.3, 0.4) is 0 Å². The molecule has 2 aromatic carbocycles. The van der Waals surface area contributed by atoms with Crippen LogP contribution >= 0.6 is 0 Å². The molecule has 1 N–H and O–H groups in total. The molecule has 0 saturated carbocycles. The van der Waals surface area contributed by atoms with Gasteiger partial charge in [-0.15, -0.1) is 0 Å². The molecular weight excluding hydrogens is 416 g/mol. The number of esters is 1. The van der Waals surface area contributed by atoms with Gasteiger partial charge >= 0.3 is 5.97 Å². The van der Waals surface area contributed by atoms with Gasteiger partial charge in [-0.3, -0.25) is 4.79 Å². The molecule has 8 heteroatoms. The quantitative estimate of drug-likeness (QED) is 0.587. The molecule has 3 rings (SSSR count). The van der Waals surface area contributed by atoms with Crippen LogP contribution in [-0.4, -0.2) is 52.7 Å². The number of carbonyl (C=O) groups excluding carboxylic acids is 1. The van der Waals surface area contributed by atoms with E-state index in [4.69, 9.17) is 28.4 Å². The number of hydrogen-bond donors (Lipinski definition) is 1. The van der Waals surface area contributed by atoms with Gasteiger partial charge in [-0.05, 0) is 35.4 Å². The summed E-state index contributed by atoms with van der Waals surface area (Å²) in [7, 11) is 6.24. The molecule has 0 aliphatic carbocycles. The number of aliphatic hydroxyl groups excluding tert-OH is 1.